The van der Waals surface area contributed by atoms with Crippen molar-refractivity contribution < 1.29 is 4.42 Å². The summed E-state index contributed by atoms with van der Waals surface area (Å²) in [6.45, 7) is 3.68. The number of thiophene rings is 1. The fourth-order valence-corrected chi connectivity index (χ4v) is 3.07. The topological polar surface area (TPSA) is 42.4 Å². The summed E-state index contributed by atoms with van der Waals surface area (Å²) in [6.07, 6.45) is 0.946. The first-order valence-corrected chi connectivity index (χ1v) is 7.00. The molecule has 0 saturated heterocycles. The van der Waals surface area contributed by atoms with Gasteiger partial charge >= 0.3 is 0 Å². The molecule has 3 nitrogen and oxygen atoms in total. The molecular weight excluding hydrogens is 244 g/mol. The van der Waals surface area contributed by atoms with Crippen LogP contribution >= 0.6 is 11.3 Å². The van der Waals surface area contributed by atoms with E-state index in [-0.39, 0.29) is 0 Å². The van der Waals surface area contributed by atoms with Gasteiger partial charge < -0.3 is 15.1 Å². The largest absolute Gasteiger partial charge is 0.460 e. The molecule has 0 aliphatic carbocycles. The Morgan fingerprint density at radius 1 is 1.33 bits per heavy atom. The standard InChI is InChI=1S/C14H20N2OS/c1-10-12(9-18-14(10)6-7-15)13-5-4-11(17-13)8-16(2)3/h4-5,9H,6-8,15H2,1-3H3. The molecule has 0 fully saturated rings. The molecule has 0 amide bonds. The number of furan rings is 1. The van der Waals surface area contributed by atoms with Crippen LogP contribution in [0.4, 0.5) is 0 Å². The van der Waals surface area contributed by atoms with Gasteiger partial charge in [0.2, 0.25) is 0 Å². The fraction of sp³-hybridized carbons (Fsp3) is 0.429. The van der Waals surface area contributed by atoms with Crippen LogP contribution in [0.3, 0.4) is 0 Å². The number of hydrogen-bond donors (Lipinski definition) is 1. The van der Waals surface area contributed by atoms with Gasteiger partial charge in [-0.25, -0.2) is 0 Å². The molecule has 0 aliphatic heterocycles. The second-order valence-electron chi connectivity index (χ2n) is 4.74. The number of nitrogens with zero attached hydrogens (tertiary/aromatic N) is 1. The molecule has 2 heterocycles. The van der Waals surface area contributed by atoms with Gasteiger partial charge in [-0.2, -0.15) is 0 Å². The Hall–Kier alpha value is -1.10. The summed E-state index contributed by atoms with van der Waals surface area (Å²) >= 11 is 1.77. The van der Waals surface area contributed by atoms with E-state index >= 15 is 0 Å². The summed E-state index contributed by atoms with van der Waals surface area (Å²) in [6, 6.07) is 4.11. The number of rotatable bonds is 5. The van der Waals surface area contributed by atoms with Crippen LogP contribution in [0, 0.1) is 6.92 Å². The highest BCUT2D eigenvalue weighted by molar-refractivity contribution is 7.10. The van der Waals surface area contributed by atoms with Crippen molar-refractivity contribution >= 4 is 11.3 Å². The maximum atomic E-state index is 5.89. The first-order valence-electron chi connectivity index (χ1n) is 6.12. The Kier molecular flexibility index (Phi) is 4.22. The van der Waals surface area contributed by atoms with E-state index in [2.05, 4.69) is 29.3 Å². The Morgan fingerprint density at radius 2 is 2.11 bits per heavy atom. The Morgan fingerprint density at radius 3 is 2.78 bits per heavy atom. The van der Waals surface area contributed by atoms with Crippen LogP contribution in [0.25, 0.3) is 11.3 Å². The minimum absolute atomic E-state index is 0.699. The van der Waals surface area contributed by atoms with Crippen molar-refractivity contribution in [2.45, 2.75) is 19.9 Å². The van der Waals surface area contributed by atoms with Gasteiger partial charge in [0.1, 0.15) is 11.5 Å². The predicted molar refractivity (Wildman–Crippen MR) is 76.9 cm³/mol. The van der Waals surface area contributed by atoms with Gasteiger partial charge in [-0.05, 0) is 51.7 Å². The second kappa shape index (κ2) is 5.69. The molecule has 0 aromatic carbocycles. The van der Waals surface area contributed by atoms with Gasteiger partial charge in [0.05, 0.1) is 6.54 Å². The van der Waals surface area contributed by atoms with E-state index in [1.54, 1.807) is 11.3 Å². The Bertz CT molecular complexity index is 514. The third-order valence-electron chi connectivity index (χ3n) is 2.91. The van der Waals surface area contributed by atoms with Gasteiger partial charge in [-0.15, -0.1) is 11.3 Å². The molecule has 2 N–H and O–H groups in total. The van der Waals surface area contributed by atoms with Crippen molar-refractivity contribution in [3.63, 3.8) is 0 Å². The van der Waals surface area contributed by atoms with Crippen LogP contribution < -0.4 is 5.73 Å². The highest BCUT2D eigenvalue weighted by Gasteiger charge is 2.12. The van der Waals surface area contributed by atoms with Gasteiger partial charge in [0.15, 0.2) is 0 Å². The molecule has 0 aliphatic rings. The second-order valence-corrected chi connectivity index (χ2v) is 5.70. The van der Waals surface area contributed by atoms with Crippen LogP contribution in [0.1, 0.15) is 16.2 Å². The van der Waals surface area contributed by atoms with Crippen LogP contribution in [0.5, 0.6) is 0 Å². The molecule has 0 atom stereocenters. The monoisotopic (exact) mass is 264 g/mol. The summed E-state index contributed by atoms with van der Waals surface area (Å²) in [7, 11) is 4.08. The van der Waals surface area contributed by atoms with Gasteiger partial charge in [0, 0.05) is 15.8 Å². The van der Waals surface area contributed by atoms with Gasteiger partial charge in [0.25, 0.3) is 0 Å². The minimum Gasteiger partial charge on any atom is -0.460 e. The van der Waals surface area contributed by atoms with E-state index < -0.39 is 0 Å². The predicted octanol–water partition coefficient (Wildman–Crippen LogP) is 2.88. The molecule has 2 aromatic rings. The van der Waals surface area contributed by atoms with Crippen molar-refractivity contribution in [3.05, 3.63) is 33.7 Å². The maximum Gasteiger partial charge on any atom is 0.135 e. The highest BCUT2D eigenvalue weighted by Crippen LogP contribution is 2.32. The minimum atomic E-state index is 0.699. The number of hydrogen-bond acceptors (Lipinski definition) is 4. The molecule has 0 unspecified atom stereocenters. The van der Waals surface area contributed by atoms with Crippen molar-refractivity contribution in [2.24, 2.45) is 5.73 Å². The summed E-state index contributed by atoms with van der Waals surface area (Å²) in [5, 5.41) is 2.17. The fourth-order valence-electron chi connectivity index (χ4n) is 2.00. The number of nitrogens with two attached hydrogens (primary N) is 1. The van der Waals surface area contributed by atoms with E-state index in [1.807, 2.05) is 14.1 Å². The molecule has 4 heteroatoms. The molecular formula is C14H20N2OS. The third kappa shape index (κ3) is 2.83. The van der Waals surface area contributed by atoms with E-state index in [0.29, 0.717) is 6.54 Å². The lowest BCUT2D eigenvalue weighted by molar-refractivity contribution is 0.353. The molecule has 0 bridgehead atoms. The van der Waals surface area contributed by atoms with Gasteiger partial charge in [-0.3, -0.25) is 0 Å². The van der Waals surface area contributed by atoms with Crippen LogP contribution in [0.15, 0.2) is 21.9 Å². The first kappa shape index (κ1) is 13.3. The summed E-state index contributed by atoms with van der Waals surface area (Å²) < 4.78 is 5.89. The van der Waals surface area contributed by atoms with Crippen molar-refractivity contribution in [1.82, 2.24) is 4.90 Å². The molecule has 0 saturated carbocycles. The van der Waals surface area contributed by atoms with E-state index in [1.165, 1.54) is 16.0 Å². The summed E-state index contributed by atoms with van der Waals surface area (Å²) in [4.78, 5) is 3.46. The quantitative estimate of drug-likeness (QED) is 0.903. The first-order chi connectivity index (χ1) is 8.61. The zero-order valence-electron chi connectivity index (χ0n) is 11.2. The van der Waals surface area contributed by atoms with E-state index in [0.717, 1.165) is 24.5 Å². The Labute approximate surface area is 112 Å². The molecule has 0 radical (unpaired) electrons. The zero-order valence-corrected chi connectivity index (χ0v) is 12.0. The van der Waals surface area contributed by atoms with E-state index in [9.17, 15) is 0 Å². The van der Waals surface area contributed by atoms with Gasteiger partial charge in [-0.1, -0.05) is 0 Å². The molecule has 0 spiro atoms. The van der Waals surface area contributed by atoms with E-state index in [4.69, 9.17) is 10.2 Å². The van der Waals surface area contributed by atoms with Crippen molar-refractivity contribution in [3.8, 4) is 11.3 Å². The van der Waals surface area contributed by atoms with Crippen molar-refractivity contribution in [2.75, 3.05) is 20.6 Å². The zero-order chi connectivity index (χ0) is 13.1. The maximum absolute atomic E-state index is 5.89. The van der Waals surface area contributed by atoms with Crippen molar-refractivity contribution in [1.29, 1.82) is 0 Å². The lowest BCUT2D eigenvalue weighted by Gasteiger charge is -2.05. The molecule has 2 rings (SSSR count). The molecule has 18 heavy (non-hydrogen) atoms. The lowest BCUT2D eigenvalue weighted by atomic mass is 10.1. The average molecular weight is 264 g/mol. The smallest absolute Gasteiger partial charge is 0.135 e. The van der Waals surface area contributed by atoms with Crippen LogP contribution in [-0.2, 0) is 13.0 Å². The summed E-state index contributed by atoms with van der Waals surface area (Å²) in [5.74, 6) is 1.96. The van der Waals surface area contributed by atoms with Crippen LogP contribution in [0.2, 0.25) is 0 Å². The normalized spacial score (nSPS) is 11.4. The Balaban J connectivity index is 2.23. The SMILES string of the molecule is Cc1c(-c2ccc(CN(C)C)o2)csc1CCN. The molecule has 2 aromatic heterocycles. The summed E-state index contributed by atoms with van der Waals surface area (Å²) in [5.41, 5.74) is 8.12. The highest BCUT2D eigenvalue weighted by atomic mass is 32.1. The third-order valence-corrected chi connectivity index (χ3v) is 4.06. The molecule has 98 valence electrons. The van der Waals surface area contributed by atoms with Crippen LogP contribution in [-0.4, -0.2) is 25.5 Å². The lowest BCUT2D eigenvalue weighted by Crippen LogP contribution is -2.09. The average Bonchev–Trinajstić information content (AvgIpc) is 2.87.